The third kappa shape index (κ3) is 3.93. The van der Waals surface area contributed by atoms with Crippen molar-refractivity contribution in [3.63, 3.8) is 0 Å². The first kappa shape index (κ1) is 13.3. The molecule has 0 radical (unpaired) electrons. The average Bonchev–Trinajstić information content (AvgIpc) is 2.13. The third-order valence-electron chi connectivity index (χ3n) is 2.02. The lowest BCUT2D eigenvalue weighted by atomic mass is 10.2. The van der Waals surface area contributed by atoms with Crippen LogP contribution in [0.3, 0.4) is 0 Å². The Morgan fingerprint density at radius 3 is 2.53 bits per heavy atom. The molecule has 7 heteroatoms. The molecule has 1 rings (SSSR count). The average molecular weight is 244 g/mol. The molecule has 1 aliphatic rings. The highest BCUT2D eigenvalue weighted by Crippen LogP contribution is 2.11. The van der Waals surface area contributed by atoms with E-state index in [1.165, 1.54) is 0 Å². The summed E-state index contributed by atoms with van der Waals surface area (Å²) >= 11 is 0. The number of amides is 2. The van der Waals surface area contributed by atoms with Gasteiger partial charge in [-0.05, 0) is 20.8 Å². The Kier molecular flexibility index (Phi) is 3.59. The van der Waals surface area contributed by atoms with Gasteiger partial charge in [-0.3, -0.25) is 9.69 Å². The zero-order valence-corrected chi connectivity index (χ0v) is 10.0. The molecule has 0 aromatic carbocycles. The van der Waals surface area contributed by atoms with Gasteiger partial charge in [-0.2, -0.15) is 0 Å². The van der Waals surface area contributed by atoms with Gasteiger partial charge in [0.25, 0.3) is 0 Å². The first-order chi connectivity index (χ1) is 7.69. The Hall–Kier alpha value is -1.79. The van der Waals surface area contributed by atoms with Crippen LogP contribution in [0, 0.1) is 0 Å². The van der Waals surface area contributed by atoms with Crippen LogP contribution in [0.15, 0.2) is 0 Å². The highest BCUT2D eigenvalue weighted by molar-refractivity contribution is 5.89. The molecule has 2 N–H and O–H groups in total. The number of carboxylic acids is 1. The lowest BCUT2D eigenvalue weighted by Crippen LogP contribution is -2.59. The lowest BCUT2D eigenvalue weighted by molar-refractivity contribution is -0.144. The molecule has 7 nitrogen and oxygen atoms in total. The number of nitrogens with one attached hydrogen (secondary N) is 1. The quantitative estimate of drug-likeness (QED) is 0.666. The number of hydrogen-bond donors (Lipinski definition) is 2. The molecule has 0 aromatic heterocycles. The Bertz CT molecular complexity index is 347. The van der Waals surface area contributed by atoms with Crippen LogP contribution in [0.25, 0.3) is 0 Å². The van der Waals surface area contributed by atoms with E-state index in [1.54, 1.807) is 20.8 Å². The smallest absolute Gasteiger partial charge is 0.410 e. The molecule has 0 spiro atoms. The first-order valence-electron chi connectivity index (χ1n) is 5.19. The minimum Gasteiger partial charge on any atom is -0.480 e. The van der Waals surface area contributed by atoms with E-state index < -0.39 is 29.6 Å². The van der Waals surface area contributed by atoms with Gasteiger partial charge in [-0.1, -0.05) is 0 Å². The maximum absolute atomic E-state index is 11.7. The standard InChI is InChI=1S/C10H16N2O5/c1-10(2,3)17-9(16)12-4-6(8(14)15)11-7(13)5-12/h6H,4-5H2,1-3H3,(H,11,13)(H,14,15)/t6-/m0/s1. The fraction of sp³-hybridized carbons (Fsp3) is 0.700. The molecule has 0 bridgehead atoms. The highest BCUT2D eigenvalue weighted by atomic mass is 16.6. The summed E-state index contributed by atoms with van der Waals surface area (Å²) in [5, 5.41) is 11.1. The number of aliphatic carboxylic acids is 1. The number of carbonyl (C=O) groups is 3. The summed E-state index contributed by atoms with van der Waals surface area (Å²) in [5.41, 5.74) is -0.677. The number of rotatable bonds is 1. The number of carbonyl (C=O) groups excluding carboxylic acids is 2. The maximum atomic E-state index is 11.7. The van der Waals surface area contributed by atoms with Crippen LogP contribution in [0.2, 0.25) is 0 Å². The van der Waals surface area contributed by atoms with Crippen LogP contribution >= 0.6 is 0 Å². The van der Waals surface area contributed by atoms with E-state index in [9.17, 15) is 14.4 Å². The highest BCUT2D eigenvalue weighted by Gasteiger charge is 2.34. The van der Waals surface area contributed by atoms with E-state index in [0.29, 0.717) is 0 Å². The van der Waals surface area contributed by atoms with Crippen LogP contribution < -0.4 is 5.32 Å². The molecule has 17 heavy (non-hydrogen) atoms. The summed E-state index contributed by atoms with van der Waals surface area (Å²) < 4.78 is 5.07. The third-order valence-corrected chi connectivity index (χ3v) is 2.02. The summed E-state index contributed by atoms with van der Waals surface area (Å²) in [5.74, 6) is -1.68. The van der Waals surface area contributed by atoms with E-state index in [2.05, 4.69) is 5.32 Å². The maximum Gasteiger partial charge on any atom is 0.410 e. The van der Waals surface area contributed by atoms with Gasteiger partial charge in [0, 0.05) is 0 Å². The van der Waals surface area contributed by atoms with E-state index in [-0.39, 0.29) is 13.1 Å². The van der Waals surface area contributed by atoms with Crippen molar-refractivity contribution in [2.24, 2.45) is 0 Å². The zero-order chi connectivity index (χ0) is 13.2. The summed E-state index contributed by atoms with van der Waals surface area (Å²) in [6, 6.07) is -1.08. The van der Waals surface area contributed by atoms with Crippen LogP contribution in [0.4, 0.5) is 4.79 Å². The topological polar surface area (TPSA) is 95.9 Å². The lowest BCUT2D eigenvalue weighted by Gasteiger charge is -2.32. The zero-order valence-electron chi connectivity index (χ0n) is 10.0. The molecule has 2 amide bonds. The SMILES string of the molecule is CC(C)(C)OC(=O)N1CC(=O)N[C@H](C(=O)O)C1. The van der Waals surface area contributed by atoms with Crippen molar-refractivity contribution in [3.05, 3.63) is 0 Å². The van der Waals surface area contributed by atoms with Crippen molar-refractivity contribution in [2.45, 2.75) is 32.4 Å². The number of carboxylic acid groups (broad SMARTS) is 1. The van der Waals surface area contributed by atoms with Crippen molar-refractivity contribution >= 4 is 18.0 Å². The molecular formula is C10H16N2O5. The van der Waals surface area contributed by atoms with Crippen LogP contribution in [-0.4, -0.2) is 52.7 Å². The van der Waals surface area contributed by atoms with Gasteiger partial charge in [0.05, 0.1) is 6.54 Å². The van der Waals surface area contributed by atoms with Crippen molar-refractivity contribution < 1.29 is 24.2 Å². The van der Waals surface area contributed by atoms with Crippen molar-refractivity contribution in [3.8, 4) is 0 Å². The molecular weight excluding hydrogens is 228 g/mol. The molecule has 1 atom stereocenters. The summed E-state index contributed by atoms with van der Waals surface area (Å²) in [4.78, 5) is 34.7. The predicted molar refractivity (Wildman–Crippen MR) is 57.4 cm³/mol. The summed E-state index contributed by atoms with van der Waals surface area (Å²) in [7, 11) is 0. The van der Waals surface area contributed by atoms with E-state index in [4.69, 9.17) is 9.84 Å². The monoisotopic (exact) mass is 244 g/mol. The normalized spacial score (nSPS) is 20.8. The van der Waals surface area contributed by atoms with Gasteiger partial charge in [0.15, 0.2) is 0 Å². The second kappa shape index (κ2) is 4.60. The van der Waals surface area contributed by atoms with E-state index in [1.807, 2.05) is 0 Å². The van der Waals surface area contributed by atoms with Gasteiger partial charge in [-0.25, -0.2) is 9.59 Å². The largest absolute Gasteiger partial charge is 0.480 e. The molecule has 96 valence electrons. The van der Waals surface area contributed by atoms with Gasteiger partial charge in [-0.15, -0.1) is 0 Å². The van der Waals surface area contributed by atoms with Crippen LogP contribution in [-0.2, 0) is 14.3 Å². The molecule has 1 saturated heterocycles. The first-order valence-corrected chi connectivity index (χ1v) is 5.19. The van der Waals surface area contributed by atoms with Gasteiger partial charge in [0.2, 0.25) is 5.91 Å². The molecule has 0 aromatic rings. The van der Waals surface area contributed by atoms with Crippen molar-refractivity contribution in [2.75, 3.05) is 13.1 Å². The second-order valence-corrected chi connectivity index (χ2v) is 4.82. The molecule has 1 aliphatic heterocycles. The Morgan fingerprint density at radius 2 is 2.06 bits per heavy atom. The molecule has 0 saturated carbocycles. The Labute approximate surface area is 98.7 Å². The predicted octanol–water partition coefficient (Wildman–Crippen LogP) is -0.194. The molecule has 1 fully saturated rings. The number of hydrogen-bond acceptors (Lipinski definition) is 4. The van der Waals surface area contributed by atoms with Gasteiger partial charge >= 0.3 is 12.1 Å². The van der Waals surface area contributed by atoms with E-state index >= 15 is 0 Å². The summed E-state index contributed by atoms with van der Waals surface area (Å²) in [6.45, 7) is 4.82. The number of nitrogens with zero attached hydrogens (tertiary/aromatic N) is 1. The van der Waals surface area contributed by atoms with Crippen LogP contribution in [0.5, 0.6) is 0 Å². The summed E-state index contributed by atoms with van der Waals surface area (Å²) in [6.07, 6.45) is -0.682. The minimum absolute atomic E-state index is 0.0873. The molecule has 0 unspecified atom stereocenters. The second-order valence-electron chi connectivity index (χ2n) is 4.82. The van der Waals surface area contributed by atoms with Gasteiger partial charge in [0.1, 0.15) is 18.2 Å². The minimum atomic E-state index is -1.17. The molecule has 1 heterocycles. The Balaban J connectivity index is 2.67. The van der Waals surface area contributed by atoms with Gasteiger partial charge < -0.3 is 15.2 Å². The van der Waals surface area contributed by atoms with E-state index in [0.717, 1.165) is 4.90 Å². The number of ether oxygens (including phenoxy) is 1. The fourth-order valence-electron chi connectivity index (χ4n) is 1.35. The van der Waals surface area contributed by atoms with Crippen molar-refractivity contribution in [1.29, 1.82) is 0 Å². The van der Waals surface area contributed by atoms with Crippen LogP contribution in [0.1, 0.15) is 20.8 Å². The molecule has 0 aliphatic carbocycles. The number of piperazine rings is 1. The Morgan fingerprint density at radius 1 is 1.47 bits per heavy atom. The van der Waals surface area contributed by atoms with Crippen molar-refractivity contribution in [1.82, 2.24) is 10.2 Å². The fourth-order valence-corrected chi connectivity index (χ4v) is 1.35.